The van der Waals surface area contributed by atoms with E-state index in [1.807, 2.05) is 35.9 Å². The molecule has 2 atom stereocenters. The first-order valence-corrected chi connectivity index (χ1v) is 8.59. The van der Waals surface area contributed by atoms with Crippen molar-refractivity contribution in [3.8, 4) is 0 Å². The van der Waals surface area contributed by atoms with Gasteiger partial charge in [0.05, 0.1) is 0 Å². The largest absolute Gasteiger partial charge is 0.326 e. The van der Waals surface area contributed by atoms with Gasteiger partial charge in [0.2, 0.25) is 5.91 Å². The predicted molar refractivity (Wildman–Crippen MR) is 97.6 cm³/mol. The van der Waals surface area contributed by atoms with Gasteiger partial charge in [0, 0.05) is 29.6 Å². The first kappa shape index (κ1) is 18.8. The number of hydrogen-bond donors (Lipinski definition) is 2. The highest BCUT2D eigenvalue weighted by Gasteiger charge is 2.24. The molecule has 0 bridgehead atoms. The van der Waals surface area contributed by atoms with Gasteiger partial charge in [-0.15, -0.1) is 22.6 Å². The second-order valence-electron chi connectivity index (χ2n) is 5.92. The first-order valence-electron chi connectivity index (χ1n) is 7.78. The number of carbonyl (C=O) groups excluding carboxylic acids is 1. The number of aryl methyl sites for hydroxylation is 1. The number of hydrogen-bond acceptors (Lipinski definition) is 5. The third-order valence-electron chi connectivity index (χ3n) is 4.00. The molecular weight excluding hydrogens is 346 g/mol. The van der Waals surface area contributed by atoms with Gasteiger partial charge in [0.15, 0.2) is 5.16 Å². The molecule has 8 heteroatoms. The maximum absolute atomic E-state index is 12.3. The van der Waals surface area contributed by atoms with Crippen LogP contribution in [0.3, 0.4) is 0 Å². The zero-order chi connectivity index (χ0) is 16.2. The van der Waals surface area contributed by atoms with E-state index < -0.39 is 0 Å². The van der Waals surface area contributed by atoms with Crippen LogP contribution in [0.15, 0.2) is 40.6 Å². The Morgan fingerprint density at radius 3 is 2.75 bits per heavy atom. The Labute approximate surface area is 152 Å². The highest BCUT2D eigenvalue weighted by molar-refractivity contribution is 7.99. The van der Waals surface area contributed by atoms with E-state index in [9.17, 15) is 4.79 Å². The number of anilines is 1. The summed E-state index contributed by atoms with van der Waals surface area (Å²) in [6.45, 7) is 3.03. The number of rotatable bonds is 4. The fraction of sp³-hybridized carbons (Fsp3) is 0.438. The second kappa shape index (κ2) is 8.50. The van der Waals surface area contributed by atoms with E-state index in [0.717, 1.165) is 35.1 Å². The fourth-order valence-electron chi connectivity index (χ4n) is 2.69. The van der Waals surface area contributed by atoms with Crippen LogP contribution in [0, 0.1) is 5.92 Å². The van der Waals surface area contributed by atoms with Gasteiger partial charge in [0.25, 0.3) is 0 Å². The molecule has 2 N–H and O–H groups in total. The van der Waals surface area contributed by atoms with Crippen molar-refractivity contribution in [3.05, 3.63) is 30.6 Å². The number of amides is 1. The minimum Gasteiger partial charge on any atom is -0.326 e. The van der Waals surface area contributed by atoms with Gasteiger partial charge < -0.3 is 15.2 Å². The number of aromatic nitrogens is 3. The molecule has 1 aromatic heterocycles. The van der Waals surface area contributed by atoms with E-state index in [2.05, 4.69) is 27.8 Å². The van der Waals surface area contributed by atoms with Crippen LogP contribution < -0.4 is 10.6 Å². The molecule has 24 heavy (non-hydrogen) atoms. The third-order valence-corrected chi connectivity index (χ3v) is 5.06. The van der Waals surface area contributed by atoms with Crippen molar-refractivity contribution in [2.24, 2.45) is 13.0 Å². The van der Waals surface area contributed by atoms with Gasteiger partial charge in [-0.2, -0.15) is 0 Å². The second-order valence-corrected chi connectivity index (χ2v) is 6.96. The van der Waals surface area contributed by atoms with Gasteiger partial charge in [-0.1, -0.05) is 0 Å². The molecule has 0 radical (unpaired) electrons. The molecular formula is C16H22ClN5OS. The van der Waals surface area contributed by atoms with Crippen molar-refractivity contribution < 1.29 is 4.79 Å². The minimum atomic E-state index is 0. The molecule has 2 aromatic rings. The van der Waals surface area contributed by atoms with Crippen molar-refractivity contribution in [2.45, 2.75) is 35.9 Å². The maximum Gasteiger partial charge on any atom is 0.227 e. The Bertz CT molecular complexity index is 675. The van der Waals surface area contributed by atoms with E-state index in [-0.39, 0.29) is 24.2 Å². The molecule has 6 nitrogen and oxygen atoms in total. The summed E-state index contributed by atoms with van der Waals surface area (Å²) in [6.07, 6.45) is 3.47. The molecule has 1 aliphatic rings. The van der Waals surface area contributed by atoms with Crippen molar-refractivity contribution in [1.82, 2.24) is 20.1 Å². The standard InChI is InChI=1S/C16H21N5OS.ClH/c1-11-9-12(7-8-17-11)15(22)19-13-3-5-14(6-4-13)23-16-20-18-10-21(16)2;/h3-6,10-12,17H,7-9H2,1-2H3,(H,19,22);1H/t11-,12-;/m0./s1. The number of halogens is 1. The number of carbonyl (C=O) groups is 1. The van der Waals surface area contributed by atoms with Gasteiger partial charge >= 0.3 is 0 Å². The quantitative estimate of drug-likeness (QED) is 0.869. The SMILES string of the molecule is C[C@H]1C[C@@H](C(=O)Nc2ccc(Sc3nncn3C)cc2)CCN1.Cl. The Kier molecular flexibility index (Phi) is 6.65. The predicted octanol–water partition coefficient (Wildman–Crippen LogP) is 2.71. The minimum absolute atomic E-state index is 0. The Balaban J connectivity index is 0.00000208. The van der Waals surface area contributed by atoms with Crippen LogP contribution >= 0.6 is 24.2 Å². The summed E-state index contributed by atoms with van der Waals surface area (Å²) in [5, 5.41) is 15.1. The lowest BCUT2D eigenvalue weighted by Crippen LogP contribution is -2.40. The van der Waals surface area contributed by atoms with Gasteiger partial charge in [0.1, 0.15) is 6.33 Å². The first-order chi connectivity index (χ1) is 11.1. The van der Waals surface area contributed by atoms with Crippen molar-refractivity contribution in [2.75, 3.05) is 11.9 Å². The summed E-state index contributed by atoms with van der Waals surface area (Å²) >= 11 is 1.55. The molecule has 0 aliphatic carbocycles. The van der Waals surface area contributed by atoms with Crippen molar-refractivity contribution in [3.63, 3.8) is 0 Å². The summed E-state index contributed by atoms with van der Waals surface area (Å²) in [6, 6.07) is 8.24. The zero-order valence-electron chi connectivity index (χ0n) is 13.7. The summed E-state index contributed by atoms with van der Waals surface area (Å²) in [4.78, 5) is 13.4. The number of nitrogens with one attached hydrogen (secondary N) is 2. The summed E-state index contributed by atoms with van der Waals surface area (Å²) in [5.74, 6) is 0.214. The molecule has 1 aliphatic heterocycles. The van der Waals surface area contributed by atoms with Crippen LogP contribution in [0.2, 0.25) is 0 Å². The van der Waals surface area contributed by atoms with E-state index in [1.165, 1.54) is 0 Å². The molecule has 0 spiro atoms. The van der Waals surface area contributed by atoms with Gasteiger partial charge in [-0.3, -0.25) is 4.79 Å². The van der Waals surface area contributed by atoms with Crippen LogP contribution in [0.4, 0.5) is 5.69 Å². The Morgan fingerprint density at radius 2 is 2.12 bits per heavy atom. The number of benzene rings is 1. The lowest BCUT2D eigenvalue weighted by atomic mass is 9.92. The van der Waals surface area contributed by atoms with Crippen molar-refractivity contribution in [1.29, 1.82) is 0 Å². The molecule has 0 unspecified atom stereocenters. The van der Waals surface area contributed by atoms with Gasteiger partial charge in [-0.05, 0) is 62.3 Å². The van der Waals surface area contributed by atoms with E-state index >= 15 is 0 Å². The van der Waals surface area contributed by atoms with E-state index in [4.69, 9.17) is 0 Å². The molecule has 1 aromatic carbocycles. The van der Waals surface area contributed by atoms with E-state index in [0.29, 0.717) is 6.04 Å². The molecule has 1 amide bonds. The average molecular weight is 368 g/mol. The average Bonchev–Trinajstić information content (AvgIpc) is 2.94. The topological polar surface area (TPSA) is 71.8 Å². The smallest absolute Gasteiger partial charge is 0.227 e. The van der Waals surface area contributed by atoms with Crippen LogP contribution in [-0.2, 0) is 11.8 Å². The summed E-state index contributed by atoms with van der Waals surface area (Å²) < 4.78 is 1.87. The monoisotopic (exact) mass is 367 g/mol. The number of piperidine rings is 1. The molecule has 1 saturated heterocycles. The number of nitrogens with zero attached hydrogens (tertiary/aromatic N) is 3. The Hall–Kier alpha value is -1.57. The van der Waals surface area contributed by atoms with Crippen LogP contribution in [0.25, 0.3) is 0 Å². The van der Waals surface area contributed by atoms with Crippen LogP contribution in [0.1, 0.15) is 19.8 Å². The van der Waals surface area contributed by atoms with Gasteiger partial charge in [-0.25, -0.2) is 0 Å². The molecule has 1 fully saturated rings. The normalized spacial score (nSPS) is 20.2. The highest BCUT2D eigenvalue weighted by Crippen LogP contribution is 2.26. The maximum atomic E-state index is 12.3. The summed E-state index contributed by atoms with van der Waals surface area (Å²) in [7, 11) is 1.91. The van der Waals surface area contributed by atoms with Crippen LogP contribution in [-0.4, -0.2) is 33.3 Å². The molecule has 2 heterocycles. The molecule has 0 saturated carbocycles. The third kappa shape index (κ3) is 4.72. The zero-order valence-corrected chi connectivity index (χ0v) is 15.4. The fourth-order valence-corrected chi connectivity index (χ4v) is 3.45. The lowest BCUT2D eigenvalue weighted by molar-refractivity contribution is -0.120. The highest BCUT2D eigenvalue weighted by atomic mass is 35.5. The van der Waals surface area contributed by atoms with Crippen LogP contribution in [0.5, 0.6) is 0 Å². The molecule has 3 rings (SSSR count). The Morgan fingerprint density at radius 1 is 1.38 bits per heavy atom. The summed E-state index contributed by atoms with van der Waals surface area (Å²) in [5.41, 5.74) is 0.837. The lowest BCUT2D eigenvalue weighted by Gasteiger charge is -2.27. The van der Waals surface area contributed by atoms with Crippen molar-refractivity contribution >= 4 is 35.8 Å². The molecule has 130 valence electrons. The van der Waals surface area contributed by atoms with E-state index in [1.54, 1.807) is 18.1 Å².